The Kier molecular flexibility index (Phi) is 8.48. The van der Waals surface area contributed by atoms with Gasteiger partial charge in [-0.3, -0.25) is 9.59 Å². The number of carbonyl (C=O) groups excluding carboxylic acids is 2. The summed E-state index contributed by atoms with van der Waals surface area (Å²) < 4.78 is 11.6. The van der Waals surface area contributed by atoms with Gasteiger partial charge in [0, 0.05) is 17.7 Å². The van der Waals surface area contributed by atoms with Crippen LogP contribution in [-0.4, -0.2) is 57.5 Å². The molecule has 0 aromatic carbocycles. The van der Waals surface area contributed by atoms with Gasteiger partial charge in [0.25, 0.3) is 0 Å². The number of rotatable bonds is 2. The van der Waals surface area contributed by atoms with Crippen molar-refractivity contribution in [2.24, 2.45) is 11.3 Å². The van der Waals surface area contributed by atoms with Crippen LogP contribution in [0.5, 0.6) is 0 Å². The predicted molar refractivity (Wildman–Crippen MR) is 127 cm³/mol. The average molecular weight is 480 g/mol. The van der Waals surface area contributed by atoms with E-state index in [4.69, 9.17) is 9.47 Å². The van der Waals surface area contributed by atoms with E-state index in [2.05, 4.69) is 4.98 Å². The molecule has 2 fully saturated rings. The number of esters is 1. The van der Waals surface area contributed by atoms with Crippen LogP contribution in [0, 0.1) is 18.3 Å². The van der Waals surface area contributed by atoms with Gasteiger partial charge >= 0.3 is 5.97 Å². The fraction of sp³-hybridized carbons (Fsp3) is 0.720. The molecule has 3 heterocycles. The lowest BCUT2D eigenvalue weighted by atomic mass is 9.74. The molecular weight excluding hydrogens is 442 g/mol. The third kappa shape index (κ3) is 6.72. The topological polar surface area (TPSA) is 109 Å². The number of ether oxygens (including phenoxy) is 2. The monoisotopic (exact) mass is 479 g/mol. The van der Waals surface area contributed by atoms with Crippen molar-refractivity contribution in [1.82, 2.24) is 4.98 Å². The first-order chi connectivity index (χ1) is 15.5. The summed E-state index contributed by atoms with van der Waals surface area (Å²) in [5, 5.41) is 24.2. The van der Waals surface area contributed by atoms with Crippen molar-refractivity contribution < 1.29 is 29.3 Å². The van der Waals surface area contributed by atoms with Crippen molar-refractivity contribution in [2.75, 3.05) is 0 Å². The van der Waals surface area contributed by atoms with Crippen molar-refractivity contribution in [2.45, 2.75) is 104 Å². The molecule has 1 aromatic rings. The van der Waals surface area contributed by atoms with Crippen molar-refractivity contribution in [3.05, 3.63) is 21.7 Å². The zero-order chi connectivity index (χ0) is 24.3. The summed E-state index contributed by atoms with van der Waals surface area (Å²) >= 11 is 1.56. The number of aliphatic hydroxyl groups excluding tert-OH is 2. The number of nitrogens with zero attached hydrogens (tertiary/aromatic N) is 1. The minimum Gasteiger partial charge on any atom is -0.458 e. The maximum Gasteiger partial charge on any atom is 0.309 e. The number of thiazole rings is 1. The molecule has 2 aliphatic rings. The van der Waals surface area contributed by atoms with Crippen LogP contribution in [0.2, 0.25) is 0 Å². The number of aryl methyl sites for hydroxylation is 1. The second-order valence-electron chi connectivity index (χ2n) is 10.1. The quantitative estimate of drug-likeness (QED) is 0.490. The van der Waals surface area contributed by atoms with Gasteiger partial charge in [0.1, 0.15) is 11.9 Å². The molecule has 0 radical (unpaired) electrons. The number of epoxide rings is 1. The van der Waals surface area contributed by atoms with Gasteiger partial charge in [-0.25, -0.2) is 4.98 Å². The number of aliphatic hydroxyl groups is 2. The molecule has 8 heteroatoms. The lowest BCUT2D eigenvalue weighted by Crippen LogP contribution is -2.44. The highest BCUT2D eigenvalue weighted by Gasteiger charge is 2.43. The molecule has 0 amide bonds. The Labute approximate surface area is 200 Å². The molecular formula is C25H37NO6S. The molecule has 0 unspecified atom stereocenters. The molecule has 7 nitrogen and oxygen atoms in total. The Morgan fingerprint density at radius 1 is 1.21 bits per heavy atom. The van der Waals surface area contributed by atoms with E-state index >= 15 is 0 Å². The lowest BCUT2D eigenvalue weighted by Gasteiger charge is -2.33. The first-order valence-corrected chi connectivity index (χ1v) is 12.7. The van der Waals surface area contributed by atoms with Gasteiger partial charge in [0.05, 0.1) is 47.0 Å². The molecule has 2 aliphatic heterocycles. The summed E-state index contributed by atoms with van der Waals surface area (Å²) in [4.78, 5) is 30.3. The molecule has 0 spiro atoms. The number of cyclic esters (lactones) is 1. The minimum absolute atomic E-state index is 0.0167. The summed E-state index contributed by atoms with van der Waals surface area (Å²) in [5.74, 6) is -1.43. The van der Waals surface area contributed by atoms with E-state index in [1.54, 1.807) is 32.1 Å². The van der Waals surface area contributed by atoms with E-state index < -0.39 is 35.6 Å². The van der Waals surface area contributed by atoms with E-state index in [-0.39, 0.29) is 24.4 Å². The smallest absolute Gasteiger partial charge is 0.309 e. The molecule has 184 valence electrons. The van der Waals surface area contributed by atoms with Crippen LogP contribution in [-0.2, 0) is 19.1 Å². The molecule has 2 saturated heterocycles. The highest BCUT2D eigenvalue weighted by molar-refractivity contribution is 7.09. The van der Waals surface area contributed by atoms with E-state index in [0.29, 0.717) is 12.8 Å². The third-order valence-corrected chi connectivity index (χ3v) is 7.78. The normalized spacial score (nSPS) is 34.5. The zero-order valence-corrected chi connectivity index (χ0v) is 21.1. The second kappa shape index (κ2) is 10.8. The molecule has 0 saturated carbocycles. The Hall–Kier alpha value is -1.61. The summed E-state index contributed by atoms with van der Waals surface area (Å²) in [6.45, 7) is 8.78. The maximum absolute atomic E-state index is 13.0. The van der Waals surface area contributed by atoms with Gasteiger partial charge in [-0.2, -0.15) is 0 Å². The first-order valence-electron chi connectivity index (χ1n) is 11.8. The lowest BCUT2D eigenvalue weighted by molar-refractivity contribution is -0.154. The number of fused-ring (bicyclic) bond motifs is 1. The molecule has 3 rings (SSSR count). The van der Waals surface area contributed by atoms with Crippen LogP contribution in [0.25, 0.3) is 6.08 Å². The number of ketones is 1. The van der Waals surface area contributed by atoms with Crippen LogP contribution in [0.4, 0.5) is 0 Å². The maximum atomic E-state index is 13.0. The Bertz CT molecular complexity index is 878. The standard InChI is InChI=1S/C25H37NO6S/c1-14(10-17-13-33-16(3)26-17)20-11-21-19(31-21)9-7-6-8-18(27)15(2)24(30)25(4,5)22(28)12-23(29)32-20/h10,13,15,18-22,27-28H,6-9,11-12H2,1-5H3/b14-10+/t15-,18+,19-,20+,21-,22+/m1/s1. The zero-order valence-electron chi connectivity index (χ0n) is 20.2. The fourth-order valence-corrected chi connectivity index (χ4v) is 5.02. The molecule has 1 aromatic heterocycles. The third-order valence-electron chi connectivity index (χ3n) is 6.99. The van der Waals surface area contributed by atoms with Gasteiger partial charge in [-0.05, 0) is 38.3 Å². The SMILES string of the molecule is C/C(=C\c1csc(C)n1)[C@@H]1C[C@H]2O[C@@H]2CCCC[C@H](O)[C@@H](C)C(=O)C(C)(C)[C@@H](O)CC(=O)O1. The average Bonchev–Trinajstić information content (AvgIpc) is 3.36. The molecule has 6 atom stereocenters. The van der Waals surface area contributed by atoms with Crippen LogP contribution in [0.3, 0.4) is 0 Å². The van der Waals surface area contributed by atoms with Gasteiger partial charge in [-0.15, -0.1) is 11.3 Å². The van der Waals surface area contributed by atoms with Crippen molar-refractivity contribution in [3.8, 4) is 0 Å². The predicted octanol–water partition coefficient (Wildman–Crippen LogP) is 3.84. The largest absolute Gasteiger partial charge is 0.458 e. The van der Waals surface area contributed by atoms with E-state index in [0.717, 1.165) is 35.5 Å². The minimum atomic E-state index is -1.21. The molecule has 2 N–H and O–H groups in total. The van der Waals surface area contributed by atoms with Gasteiger partial charge < -0.3 is 19.7 Å². The second-order valence-corrected chi connectivity index (χ2v) is 11.1. The van der Waals surface area contributed by atoms with E-state index in [1.807, 2.05) is 25.3 Å². The highest BCUT2D eigenvalue weighted by Crippen LogP contribution is 2.35. The summed E-state index contributed by atoms with van der Waals surface area (Å²) in [6, 6.07) is 0. The van der Waals surface area contributed by atoms with Gasteiger partial charge in [0.15, 0.2) is 0 Å². The molecule has 0 aliphatic carbocycles. The summed E-state index contributed by atoms with van der Waals surface area (Å²) in [6.07, 6.45) is 2.92. The Morgan fingerprint density at radius 2 is 1.91 bits per heavy atom. The van der Waals surface area contributed by atoms with Crippen molar-refractivity contribution in [3.63, 3.8) is 0 Å². The summed E-state index contributed by atoms with van der Waals surface area (Å²) in [5.41, 5.74) is 0.510. The number of carbonyl (C=O) groups is 2. The van der Waals surface area contributed by atoms with Gasteiger partial charge in [0.2, 0.25) is 0 Å². The van der Waals surface area contributed by atoms with Crippen molar-refractivity contribution >= 4 is 29.2 Å². The number of Topliss-reactive ketones (excluding diaryl/α,β-unsaturated/α-hetero) is 1. The molecule has 33 heavy (non-hydrogen) atoms. The van der Waals surface area contributed by atoms with Crippen LogP contribution in [0.1, 0.15) is 76.9 Å². The van der Waals surface area contributed by atoms with Crippen LogP contribution in [0.15, 0.2) is 11.0 Å². The van der Waals surface area contributed by atoms with Gasteiger partial charge in [-0.1, -0.05) is 33.6 Å². The number of hydrogen-bond acceptors (Lipinski definition) is 8. The molecule has 0 bridgehead atoms. The van der Waals surface area contributed by atoms with Crippen LogP contribution >= 0.6 is 11.3 Å². The van der Waals surface area contributed by atoms with E-state index in [9.17, 15) is 19.8 Å². The fourth-order valence-electron chi connectivity index (χ4n) is 4.45. The van der Waals surface area contributed by atoms with E-state index in [1.165, 1.54) is 0 Å². The Morgan fingerprint density at radius 3 is 2.58 bits per heavy atom. The number of hydrogen-bond donors (Lipinski definition) is 2. The highest BCUT2D eigenvalue weighted by atomic mass is 32.1. The van der Waals surface area contributed by atoms with Crippen molar-refractivity contribution in [1.29, 1.82) is 0 Å². The summed E-state index contributed by atoms with van der Waals surface area (Å²) in [7, 11) is 0. The first kappa shape index (κ1) is 26.0. The number of aromatic nitrogens is 1. The van der Waals surface area contributed by atoms with Crippen LogP contribution < -0.4 is 0 Å². The Balaban J connectivity index is 1.79.